The maximum atomic E-state index is 13.9. The van der Waals surface area contributed by atoms with Gasteiger partial charge in [0.2, 0.25) is 5.91 Å². The maximum absolute atomic E-state index is 13.9. The number of ether oxygens (including phenoxy) is 1. The molecule has 9 nitrogen and oxygen atoms in total. The minimum Gasteiger partial charge on any atom is -0.497 e. The van der Waals surface area contributed by atoms with Crippen molar-refractivity contribution in [3.63, 3.8) is 0 Å². The standard InChI is InChI=1S/C30H33N3O6S/c1-19(34)18-40(37,38)14-6-9-27(31)30(36)33(23-11-10-21-7-4-5-8-22(21)15-23)29(35)17-25-20(2)32-28-13-12-24(39-3)16-26(25)28/h4-5,7-8,10-13,15-16,27,32H,6,9,14,17-18,31H2,1-3H3/t27-/m0/s1. The number of nitrogens with two attached hydrogens (primary N) is 1. The van der Waals surface area contributed by atoms with Gasteiger partial charge in [0, 0.05) is 16.6 Å². The number of fused-ring (bicyclic) bond motifs is 2. The zero-order chi connectivity index (χ0) is 29.0. The zero-order valence-corrected chi connectivity index (χ0v) is 23.6. The number of carbonyl (C=O) groups is 3. The third-order valence-electron chi connectivity index (χ3n) is 6.83. The smallest absolute Gasteiger partial charge is 0.250 e. The summed E-state index contributed by atoms with van der Waals surface area (Å²) in [6, 6.07) is 17.3. The molecule has 0 bridgehead atoms. The van der Waals surface area contributed by atoms with Gasteiger partial charge in [-0.3, -0.25) is 14.4 Å². The lowest BCUT2D eigenvalue weighted by Gasteiger charge is -2.25. The second-order valence-corrected chi connectivity index (χ2v) is 12.1. The largest absolute Gasteiger partial charge is 0.497 e. The molecule has 210 valence electrons. The average molecular weight is 564 g/mol. The van der Waals surface area contributed by atoms with Gasteiger partial charge < -0.3 is 15.5 Å². The topological polar surface area (TPSA) is 140 Å². The lowest BCUT2D eigenvalue weighted by Crippen LogP contribution is -2.48. The van der Waals surface area contributed by atoms with Crippen molar-refractivity contribution in [2.24, 2.45) is 5.73 Å². The number of amides is 2. The van der Waals surface area contributed by atoms with Gasteiger partial charge in [0.1, 0.15) is 17.3 Å². The predicted octanol–water partition coefficient (Wildman–Crippen LogP) is 3.85. The molecule has 4 aromatic rings. The molecule has 3 aromatic carbocycles. The second kappa shape index (κ2) is 12.0. The molecule has 0 unspecified atom stereocenters. The lowest BCUT2D eigenvalue weighted by atomic mass is 10.0. The van der Waals surface area contributed by atoms with Crippen molar-refractivity contribution in [1.82, 2.24) is 4.98 Å². The number of rotatable bonds is 11. The number of ketones is 1. The number of nitrogens with zero attached hydrogens (tertiary/aromatic N) is 1. The number of hydrogen-bond acceptors (Lipinski definition) is 7. The minimum atomic E-state index is -3.59. The van der Waals surface area contributed by atoms with Crippen LogP contribution in [0.15, 0.2) is 60.7 Å². The highest BCUT2D eigenvalue weighted by molar-refractivity contribution is 7.92. The van der Waals surface area contributed by atoms with Gasteiger partial charge in [-0.2, -0.15) is 0 Å². The summed E-state index contributed by atoms with van der Waals surface area (Å²) < 4.78 is 29.6. The first-order valence-corrected chi connectivity index (χ1v) is 14.8. The van der Waals surface area contributed by atoms with Gasteiger partial charge in [0.15, 0.2) is 9.84 Å². The second-order valence-electron chi connectivity index (χ2n) is 9.96. The van der Waals surface area contributed by atoms with Gasteiger partial charge in [0.25, 0.3) is 5.91 Å². The highest BCUT2D eigenvalue weighted by Crippen LogP contribution is 2.29. The first-order chi connectivity index (χ1) is 19.0. The number of carbonyl (C=O) groups excluding carboxylic acids is 3. The molecular weight excluding hydrogens is 530 g/mol. The van der Waals surface area contributed by atoms with Crippen molar-refractivity contribution in [2.75, 3.05) is 23.5 Å². The number of aryl methyl sites for hydroxylation is 1. The number of Topliss-reactive ketones (excluding diaryl/α,β-unsaturated/α-hetero) is 1. The fourth-order valence-corrected chi connectivity index (χ4v) is 6.22. The third-order valence-corrected chi connectivity index (χ3v) is 8.58. The summed E-state index contributed by atoms with van der Waals surface area (Å²) in [5, 5.41) is 2.62. The van der Waals surface area contributed by atoms with Gasteiger partial charge in [-0.15, -0.1) is 0 Å². The number of anilines is 1. The Balaban J connectivity index is 1.64. The van der Waals surface area contributed by atoms with Crippen molar-refractivity contribution in [2.45, 2.75) is 39.2 Å². The van der Waals surface area contributed by atoms with Crippen molar-refractivity contribution in [3.05, 3.63) is 71.9 Å². The van der Waals surface area contributed by atoms with E-state index in [4.69, 9.17) is 10.5 Å². The fraction of sp³-hybridized carbons (Fsp3) is 0.300. The predicted molar refractivity (Wildman–Crippen MR) is 156 cm³/mol. The monoisotopic (exact) mass is 563 g/mol. The Morgan fingerprint density at radius 3 is 2.45 bits per heavy atom. The van der Waals surface area contributed by atoms with Gasteiger partial charge in [-0.05, 0) is 73.4 Å². The molecule has 0 radical (unpaired) electrons. The van der Waals surface area contributed by atoms with Gasteiger partial charge in [-0.1, -0.05) is 30.3 Å². The van der Waals surface area contributed by atoms with E-state index in [0.29, 0.717) is 11.4 Å². The number of hydrogen-bond donors (Lipinski definition) is 2. The van der Waals surface area contributed by atoms with Crippen LogP contribution < -0.4 is 15.4 Å². The molecule has 1 atom stereocenters. The van der Waals surface area contributed by atoms with Crippen LogP contribution in [0.25, 0.3) is 21.7 Å². The minimum absolute atomic E-state index is 0.0383. The Bertz CT molecular complexity index is 1690. The van der Waals surface area contributed by atoms with Gasteiger partial charge in [-0.25, -0.2) is 13.3 Å². The molecule has 0 aliphatic carbocycles. The van der Waals surface area contributed by atoms with E-state index in [-0.39, 0.29) is 25.0 Å². The summed E-state index contributed by atoms with van der Waals surface area (Å²) in [6.07, 6.45) is 0.0531. The molecule has 0 fully saturated rings. The van der Waals surface area contributed by atoms with E-state index in [0.717, 1.165) is 37.8 Å². The fourth-order valence-electron chi connectivity index (χ4n) is 4.85. The van der Waals surface area contributed by atoms with Gasteiger partial charge in [0.05, 0.1) is 31.0 Å². The van der Waals surface area contributed by atoms with Crippen LogP contribution in [0.5, 0.6) is 5.75 Å². The van der Waals surface area contributed by atoms with E-state index < -0.39 is 39.2 Å². The van der Waals surface area contributed by atoms with Crippen molar-refractivity contribution < 1.29 is 27.5 Å². The number of H-pyrrole nitrogens is 1. The van der Waals surface area contributed by atoms with E-state index in [1.165, 1.54) is 6.92 Å². The van der Waals surface area contributed by atoms with Gasteiger partial charge >= 0.3 is 0 Å². The van der Waals surface area contributed by atoms with E-state index in [1.54, 1.807) is 19.2 Å². The SMILES string of the molecule is COc1ccc2[nH]c(C)c(CC(=O)N(C(=O)[C@@H](N)CCCS(=O)(=O)CC(C)=O)c3ccc4ccccc4c3)c2c1. The van der Waals surface area contributed by atoms with E-state index in [9.17, 15) is 22.8 Å². The van der Waals surface area contributed by atoms with Crippen LogP contribution in [0.3, 0.4) is 0 Å². The molecule has 2 amide bonds. The van der Waals surface area contributed by atoms with Crippen LogP contribution in [0.1, 0.15) is 31.0 Å². The summed E-state index contributed by atoms with van der Waals surface area (Å²) in [5.74, 6) is -1.71. The number of methoxy groups -OCH3 is 1. The Hall–Kier alpha value is -4.02. The molecular formula is C30H33N3O6S. The van der Waals surface area contributed by atoms with Crippen LogP contribution in [-0.2, 0) is 30.6 Å². The summed E-state index contributed by atoms with van der Waals surface area (Å²) >= 11 is 0. The molecule has 0 aliphatic rings. The van der Waals surface area contributed by atoms with Crippen LogP contribution in [0.2, 0.25) is 0 Å². The van der Waals surface area contributed by atoms with Crippen LogP contribution >= 0.6 is 0 Å². The Morgan fingerprint density at radius 2 is 1.75 bits per heavy atom. The molecule has 10 heteroatoms. The quantitative estimate of drug-likeness (QED) is 0.282. The average Bonchev–Trinajstić information content (AvgIpc) is 3.21. The molecule has 3 N–H and O–H groups in total. The summed E-state index contributed by atoms with van der Waals surface area (Å²) in [6.45, 7) is 3.08. The molecule has 40 heavy (non-hydrogen) atoms. The van der Waals surface area contributed by atoms with Crippen molar-refractivity contribution in [3.8, 4) is 5.75 Å². The van der Waals surface area contributed by atoms with Crippen LogP contribution in [0.4, 0.5) is 5.69 Å². The number of aromatic nitrogens is 1. The number of benzene rings is 3. The first-order valence-electron chi connectivity index (χ1n) is 13.0. The number of imide groups is 1. The Kier molecular flexibility index (Phi) is 8.70. The van der Waals surface area contributed by atoms with E-state index >= 15 is 0 Å². The van der Waals surface area contributed by atoms with Crippen LogP contribution in [-0.4, -0.2) is 55.7 Å². The summed E-state index contributed by atoms with van der Waals surface area (Å²) in [5.41, 5.74) is 8.99. The molecule has 1 heterocycles. The zero-order valence-electron chi connectivity index (χ0n) is 22.8. The molecule has 0 saturated carbocycles. The number of nitrogens with one attached hydrogen (secondary N) is 1. The van der Waals surface area contributed by atoms with Crippen molar-refractivity contribution >= 4 is 54.8 Å². The number of sulfone groups is 1. The maximum Gasteiger partial charge on any atom is 0.250 e. The Labute approximate surface area is 233 Å². The first kappa shape index (κ1) is 29.0. The molecule has 0 saturated heterocycles. The third kappa shape index (κ3) is 6.57. The summed E-state index contributed by atoms with van der Waals surface area (Å²) in [7, 11) is -2.02. The lowest BCUT2D eigenvalue weighted by molar-refractivity contribution is -0.127. The molecule has 1 aromatic heterocycles. The van der Waals surface area contributed by atoms with E-state index in [2.05, 4.69) is 4.98 Å². The van der Waals surface area contributed by atoms with E-state index in [1.807, 2.05) is 55.5 Å². The number of aromatic amines is 1. The normalized spacial score (nSPS) is 12.4. The molecule has 4 rings (SSSR count). The summed E-state index contributed by atoms with van der Waals surface area (Å²) in [4.78, 5) is 43.2. The highest BCUT2D eigenvalue weighted by Gasteiger charge is 2.30. The van der Waals surface area contributed by atoms with Crippen molar-refractivity contribution in [1.29, 1.82) is 0 Å². The van der Waals surface area contributed by atoms with Crippen LogP contribution in [0, 0.1) is 6.92 Å². The Morgan fingerprint density at radius 1 is 1.02 bits per heavy atom. The molecule has 0 aliphatic heterocycles. The highest BCUT2D eigenvalue weighted by atomic mass is 32.2. The molecule has 0 spiro atoms.